The maximum atomic E-state index is 8.86. The third kappa shape index (κ3) is 6.47. The average Bonchev–Trinajstić information content (AvgIpc) is 2.62. The molecule has 0 aliphatic heterocycles. The molecule has 0 unspecified atom stereocenters. The Bertz CT molecular complexity index is 716. The average molecular weight is 333 g/mol. The van der Waals surface area contributed by atoms with Crippen molar-refractivity contribution < 1.29 is 4.74 Å². The Morgan fingerprint density at radius 2 is 1.60 bits per heavy atom. The van der Waals surface area contributed by atoms with E-state index in [9.17, 15) is 0 Å². The van der Waals surface area contributed by atoms with Crippen molar-refractivity contribution in [1.29, 1.82) is 5.26 Å². The molecular weight excluding hydrogens is 306 g/mol. The molecule has 2 heteroatoms. The van der Waals surface area contributed by atoms with E-state index in [4.69, 9.17) is 10.00 Å². The van der Waals surface area contributed by atoms with Gasteiger partial charge in [-0.25, -0.2) is 0 Å². The van der Waals surface area contributed by atoms with Crippen LogP contribution < -0.4 is 4.74 Å². The van der Waals surface area contributed by atoms with E-state index in [1.807, 2.05) is 36.4 Å². The van der Waals surface area contributed by atoms with Crippen LogP contribution in [-0.4, -0.2) is 6.61 Å². The zero-order chi connectivity index (χ0) is 18.1. The number of nitrogens with zero attached hydrogens (tertiary/aromatic N) is 1. The van der Waals surface area contributed by atoms with Gasteiger partial charge in [0, 0.05) is 0 Å². The highest BCUT2D eigenvalue weighted by atomic mass is 16.5. The molecular formula is C23H27NO. The molecule has 2 aromatic carbocycles. The summed E-state index contributed by atoms with van der Waals surface area (Å²) in [4.78, 5) is 0. The Morgan fingerprint density at radius 3 is 2.16 bits per heavy atom. The SMILES string of the molecule is CC(C)=CCC[C@H](C)CCOc1ccc(-c2ccc(C#N)cc2)cc1. The Morgan fingerprint density at radius 1 is 1.00 bits per heavy atom. The molecule has 0 heterocycles. The summed E-state index contributed by atoms with van der Waals surface area (Å²) in [6.07, 6.45) is 5.75. The van der Waals surface area contributed by atoms with Crippen LogP contribution in [0.2, 0.25) is 0 Å². The summed E-state index contributed by atoms with van der Waals surface area (Å²) in [5.74, 6) is 1.59. The van der Waals surface area contributed by atoms with Crippen LogP contribution in [-0.2, 0) is 0 Å². The van der Waals surface area contributed by atoms with E-state index < -0.39 is 0 Å². The molecule has 0 radical (unpaired) electrons. The monoisotopic (exact) mass is 333 g/mol. The van der Waals surface area contributed by atoms with Crippen LogP contribution in [0.3, 0.4) is 0 Å². The number of benzene rings is 2. The van der Waals surface area contributed by atoms with Crippen LogP contribution in [0.15, 0.2) is 60.2 Å². The summed E-state index contributed by atoms with van der Waals surface area (Å²) >= 11 is 0. The van der Waals surface area contributed by atoms with Crippen molar-refractivity contribution in [2.75, 3.05) is 6.61 Å². The maximum absolute atomic E-state index is 8.86. The van der Waals surface area contributed by atoms with Crippen LogP contribution in [0.1, 0.15) is 45.6 Å². The number of allylic oxidation sites excluding steroid dienone is 2. The predicted molar refractivity (Wildman–Crippen MR) is 105 cm³/mol. The molecule has 130 valence electrons. The van der Waals surface area contributed by atoms with Crippen molar-refractivity contribution in [3.05, 3.63) is 65.7 Å². The van der Waals surface area contributed by atoms with E-state index >= 15 is 0 Å². The van der Waals surface area contributed by atoms with E-state index in [1.54, 1.807) is 0 Å². The summed E-state index contributed by atoms with van der Waals surface area (Å²) in [5.41, 5.74) is 4.32. The van der Waals surface area contributed by atoms with Crippen LogP contribution in [0.5, 0.6) is 5.75 Å². The zero-order valence-corrected chi connectivity index (χ0v) is 15.5. The topological polar surface area (TPSA) is 33.0 Å². The number of nitriles is 1. The molecule has 0 saturated carbocycles. The first kappa shape index (κ1) is 18.8. The quantitative estimate of drug-likeness (QED) is 0.525. The molecule has 2 nitrogen and oxygen atoms in total. The van der Waals surface area contributed by atoms with Gasteiger partial charge < -0.3 is 4.74 Å². The minimum atomic E-state index is 0.675. The minimum absolute atomic E-state index is 0.675. The van der Waals surface area contributed by atoms with Crippen LogP contribution >= 0.6 is 0 Å². The molecule has 1 atom stereocenters. The lowest BCUT2D eigenvalue weighted by Crippen LogP contribution is -2.04. The molecule has 0 aromatic heterocycles. The van der Waals surface area contributed by atoms with Gasteiger partial charge in [-0.15, -0.1) is 0 Å². The largest absolute Gasteiger partial charge is 0.494 e. The van der Waals surface area contributed by atoms with Gasteiger partial charge in [0.05, 0.1) is 18.2 Å². The molecule has 25 heavy (non-hydrogen) atoms. The third-order valence-corrected chi connectivity index (χ3v) is 4.29. The minimum Gasteiger partial charge on any atom is -0.494 e. The molecule has 0 aliphatic carbocycles. The van der Waals surface area contributed by atoms with Gasteiger partial charge in [-0.1, -0.05) is 42.8 Å². The highest BCUT2D eigenvalue weighted by Gasteiger charge is 2.03. The first-order chi connectivity index (χ1) is 12.1. The molecule has 2 rings (SSSR count). The van der Waals surface area contributed by atoms with Gasteiger partial charge in [-0.05, 0) is 74.4 Å². The van der Waals surface area contributed by atoms with E-state index in [1.165, 1.54) is 12.0 Å². The van der Waals surface area contributed by atoms with Crippen molar-refractivity contribution in [2.45, 2.75) is 40.0 Å². The fourth-order valence-electron chi connectivity index (χ4n) is 2.66. The lowest BCUT2D eigenvalue weighted by molar-refractivity contribution is 0.279. The summed E-state index contributed by atoms with van der Waals surface area (Å²) < 4.78 is 5.87. The summed E-state index contributed by atoms with van der Waals surface area (Å²) in [6.45, 7) is 7.34. The molecule has 0 amide bonds. The second kappa shape index (κ2) is 9.69. The fourth-order valence-corrected chi connectivity index (χ4v) is 2.66. The molecule has 0 N–H and O–H groups in total. The predicted octanol–water partition coefficient (Wildman–Crippen LogP) is 6.38. The van der Waals surface area contributed by atoms with Crippen molar-refractivity contribution >= 4 is 0 Å². The molecule has 0 saturated heterocycles. The Labute approximate surface area is 151 Å². The van der Waals surface area contributed by atoms with Gasteiger partial charge in [-0.2, -0.15) is 5.26 Å². The molecule has 0 bridgehead atoms. The number of rotatable bonds is 8. The van der Waals surface area contributed by atoms with E-state index in [-0.39, 0.29) is 0 Å². The first-order valence-corrected chi connectivity index (χ1v) is 8.95. The van der Waals surface area contributed by atoms with Crippen molar-refractivity contribution in [3.63, 3.8) is 0 Å². The number of ether oxygens (including phenoxy) is 1. The highest BCUT2D eigenvalue weighted by Crippen LogP contribution is 2.23. The van der Waals surface area contributed by atoms with Gasteiger partial charge in [-0.3, -0.25) is 0 Å². The van der Waals surface area contributed by atoms with E-state index in [0.717, 1.165) is 36.3 Å². The lowest BCUT2D eigenvalue weighted by Gasteiger charge is -2.12. The Balaban J connectivity index is 1.80. The fraction of sp³-hybridized carbons (Fsp3) is 0.348. The van der Waals surface area contributed by atoms with Crippen LogP contribution in [0, 0.1) is 17.2 Å². The van der Waals surface area contributed by atoms with E-state index in [0.29, 0.717) is 11.5 Å². The van der Waals surface area contributed by atoms with Gasteiger partial charge in [0.15, 0.2) is 0 Å². The van der Waals surface area contributed by atoms with Gasteiger partial charge >= 0.3 is 0 Å². The highest BCUT2D eigenvalue weighted by molar-refractivity contribution is 5.64. The van der Waals surface area contributed by atoms with Crippen molar-refractivity contribution in [3.8, 4) is 22.9 Å². The van der Waals surface area contributed by atoms with Gasteiger partial charge in [0.1, 0.15) is 5.75 Å². The number of hydrogen-bond acceptors (Lipinski definition) is 2. The Kier molecular flexibility index (Phi) is 7.29. The van der Waals surface area contributed by atoms with Gasteiger partial charge in [0.25, 0.3) is 0 Å². The summed E-state index contributed by atoms with van der Waals surface area (Å²) in [5, 5.41) is 8.86. The van der Waals surface area contributed by atoms with Gasteiger partial charge in [0.2, 0.25) is 0 Å². The zero-order valence-electron chi connectivity index (χ0n) is 15.5. The molecule has 0 spiro atoms. The molecule has 2 aromatic rings. The Hall–Kier alpha value is -2.53. The second-order valence-electron chi connectivity index (χ2n) is 6.81. The smallest absolute Gasteiger partial charge is 0.119 e. The maximum Gasteiger partial charge on any atom is 0.119 e. The van der Waals surface area contributed by atoms with Crippen LogP contribution in [0.25, 0.3) is 11.1 Å². The molecule has 0 aliphatic rings. The van der Waals surface area contributed by atoms with Crippen LogP contribution in [0.4, 0.5) is 0 Å². The number of hydrogen-bond donors (Lipinski definition) is 0. The lowest BCUT2D eigenvalue weighted by atomic mass is 10.0. The summed E-state index contributed by atoms with van der Waals surface area (Å²) in [6, 6.07) is 17.9. The molecule has 0 fully saturated rings. The second-order valence-corrected chi connectivity index (χ2v) is 6.81. The standard InChI is InChI=1S/C23H27NO/c1-18(2)5-4-6-19(3)15-16-25-23-13-11-22(12-14-23)21-9-7-20(17-24)8-10-21/h5,7-14,19H,4,6,15-16H2,1-3H3/t19-/m0/s1. The summed E-state index contributed by atoms with van der Waals surface area (Å²) in [7, 11) is 0. The first-order valence-electron chi connectivity index (χ1n) is 8.95. The van der Waals surface area contributed by atoms with Crippen molar-refractivity contribution in [2.24, 2.45) is 5.92 Å². The van der Waals surface area contributed by atoms with E-state index in [2.05, 4.69) is 45.0 Å². The third-order valence-electron chi connectivity index (χ3n) is 4.29. The van der Waals surface area contributed by atoms with Crippen molar-refractivity contribution in [1.82, 2.24) is 0 Å². The normalized spacial score (nSPS) is 11.4.